The van der Waals surface area contributed by atoms with Crippen molar-refractivity contribution in [1.82, 2.24) is 4.90 Å². The van der Waals surface area contributed by atoms with Crippen molar-refractivity contribution in [2.75, 3.05) is 25.9 Å². The summed E-state index contributed by atoms with van der Waals surface area (Å²) in [5.41, 5.74) is 10.2. The van der Waals surface area contributed by atoms with Crippen LogP contribution in [0.4, 0.5) is 5.69 Å². The second kappa shape index (κ2) is 6.97. The molecule has 25 heavy (non-hydrogen) atoms. The number of esters is 1. The molecule has 2 N–H and O–H groups in total. The highest BCUT2D eigenvalue weighted by Crippen LogP contribution is 2.29. The molecule has 5 heteroatoms. The first-order valence-electron chi connectivity index (χ1n) is 8.39. The number of rotatable bonds is 3. The van der Waals surface area contributed by atoms with E-state index in [0.29, 0.717) is 16.8 Å². The zero-order chi connectivity index (χ0) is 18.0. The van der Waals surface area contributed by atoms with Crippen LogP contribution >= 0.6 is 0 Å². The van der Waals surface area contributed by atoms with Crippen LogP contribution in [0.2, 0.25) is 0 Å². The molecule has 130 valence electrons. The summed E-state index contributed by atoms with van der Waals surface area (Å²) in [7, 11) is 1.33. The molecule has 0 aromatic heterocycles. The Labute approximate surface area is 147 Å². The Morgan fingerprint density at radius 2 is 1.72 bits per heavy atom. The summed E-state index contributed by atoms with van der Waals surface area (Å²) in [5.74, 6) is -0.529. The molecular formula is C20H22N2O3. The lowest BCUT2D eigenvalue weighted by atomic mass is 9.97. The Hall–Kier alpha value is -2.82. The monoisotopic (exact) mass is 338 g/mol. The quantitative estimate of drug-likeness (QED) is 0.689. The molecule has 1 amide bonds. The summed E-state index contributed by atoms with van der Waals surface area (Å²) in [6.45, 7) is 3.47. The van der Waals surface area contributed by atoms with Gasteiger partial charge in [-0.15, -0.1) is 0 Å². The first-order valence-corrected chi connectivity index (χ1v) is 8.39. The number of nitrogens with two attached hydrogens (primary N) is 1. The smallest absolute Gasteiger partial charge is 0.337 e. The molecule has 1 saturated heterocycles. The van der Waals surface area contributed by atoms with Crippen LogP contribution in [-0.4, -0.2) is 37.0 Å². The minimum atomic E-state index is -0.469. The van der Waals surface area contributed by atoms with Crippen LogP contribution in [0.15, 0.2) is 36.4 Å². The molecule has 0 radical (unpaired) electrons. The van der Waals surface area contributed by atoms with E-state index in [9.17, 15) is 9.59 Å². The van der Waals surface area contributed by atoms with E-state index in [1.807, 2.05) is 30.0 Å². The second-order valence-corrected chi connectivity index (χ2v) is 6.38. The predicted octanol–water partition coefficient (Wildman–Crippen LogP) is 3.27. The molecule has 1 heterocycles. The van der Waals surface area contributed by atoms with E-state index in [0.717, 1.165) is 42.6 Å². The number of aryl methyl sites for hydroxylation is 1. The summed E-state index contributed by atoms with van der Waals surface area (Å²) >= 11 is 0. The van der Waals surface area contributed by atoms with E-state index in [1.54, 1.807) is 18.2 Å². The zero-order valence-electron chi connectivity index (χ0n) is 14.5. The van der Waals surface area contributed by atoms with E-state index in [2.05, 4.69) is 0 Å². The summed E-state index contributed by atoms with van der Waals surface area (Å²) in [5, 5.41) is 0. The number of hydrogen-bond acceptors (Lipinski definition) is 4. The van der Waals surface area contributed by atoms with Gasteiger partial charge in [-0.3, -0.25) is 4.79 Å². The van der Waals surface area contributed by atoms with E-state index < -0.39 is 5.97 Å². The van der Waals surface area contributed by atoms with Gasteiger partial charge in [-0.1, -0.05) is 12.1 Å². The lowest BCUT2D eigenvalue weighted by Gasteiger charge is -2.17. The van der Waals surface area contributed by atoms with E-state index in [1.165, 1.54) is 7.11 Å². The van der Waals surface area contributed by atoms with Crippen molar-refractivity contribution in [3.8, 4) is 11.1 Å². The molecule has 0 saturated carbocycles. The van der Waals surface area contributed by atoms with Gasteiger partial charge >= 0.3 is 5.97 Å². The third-order valence-corrected chi connectivity index (χ3v) is 4.51. The highest BCUT2D eigenvalue weighted by Gasteiger charge is 2.22. The van der Waals surface area contributed by atoms with Crippen molar-refractivity contribution >= 4 is 17.6 Å². The van der Waals surface area contributed by atoms with Crippen molar-refractivity contribution in [3.05, 3.63) is 53.1 Å². The fourth-order valence-electron chi connectivity index (χ4n) is 3.19. The highest BCUT2D eigenvalue weighted by molar-refractivity contribution is 6.00. The average molecular weight is 338 g/mol. The van der Waals surface area contributed by atoms with Crippen LogP contribution in [-0.2, 0) is 4.74 Å². The third-order valence-electron chi connectivity index (χ3n) is 4.51. The number of anilines is 1. The SMILES string of the molecule is COC(=O)c1cc(C(=O)N2CCCC2)cc(-c2ccc(C)cc2N)c1. The Kier molecular flexibility index (Phi) is 4.74. The normalized spacial score (nSPS) is 13.8. The molecule has 2 aromatic rings. The number of benzene rings is 2. The number of amides is 1. The largest absolute Gasteiger partial charge is 0.465 e. The summed E-state index contributed by atoms with van der Waals surface area (Å²) in [6.07, 6.45) is 2.03. The second-order valence-electron chi connectivity index (χ2n) is 6.38. The number of carbonyl (C=O) groups excluding carboxylic acids is 2. The maximum absolute atomic E-state index is 12.8. The Morgan fingerprint density at radius 3 is 2.36 bits per heavy atom. The molecule has 5 nitrogen and oxygen atoms in total. The van der Waals surface area contributed by atoms with Crippen molar-refractivity contribution in [1.29, 1.82) is 0 Å². The fourth-order valence-corrected chi connectivity index (χ4v) is 3.19. The number of ether oxygens (including phenoxy) is 1. The maximum Gasteiger partial charge on any atom is 0.337 e. The summed E-state index contributed by atoms with van der Waals surface area (Å²) in [4.78, 5) is 26.6. The van der Waals surface area contributed by atoms with Gasteiger partial charge in [0.1, 0.15) is 0 Å². The Bertz CT molecular complexity index is 824. The average Bonchev–Trinajstić information content (AvgIpc) is 3.14. The van der Waals surface area contributed by atoms with Crippen molar-refractivity contribution in [3.63, 3.8) is 0 Å². The number of methoxy groups -OCH3 is 1. The molecule has 0 unspecified atom stereocenters. The molecule has 0 spiro atoms. The first-order chi connectivity index (χ1) is 12.0. The fraction of sp³-hybridized carbons (Fsp3) is 0.300. The molecule has 3 rings (SSSR count). The minimum Gasteiger partial charge on any atom is -0.465 e. The molecule has 0 bridgehead atoms. The van der Waals surface area contributed by atoms with Gasteiger partial charge < -0.3 is 15.4 Å². The number of likely N-dealkylation sites (tertiary alicyclic amines) is 1. The molecule has 1 fully saturated rings. The van der Waals surface area contributed by atoms with Crippen LogP contribution in [0.3, 0.4) is 0 Å². The Balaban J connectivity index is 2.09. The summed E-state index contributed by atoms with van der Waals surface area (Å²) in [6, 6.07) is 10.9. The van der Waals surface area contributed by atoms with Gasteiger partial charge in [-0.25, -0.2) is 4.79 Å². The van der Waals surface area contributed by atoms with Crippen LogP contribution in [0.25, 0.3) is 11.1 Å². The Morgan fingerprint density at radius 1 is 1.04 bits per heavy atom. The highest BCUT2D eigenvalue weighted by atomic mass is 16.5. The first kappa shape index (κ1) is 17.0. The van der Waals surface area contributed by atoms with Crippen LogP contribution in [0.1, 0.15) is 39.1 Å². The summed E-state index contributed by atoms with van der Waals surface area (Å²) < 4.78 is 4.84. The standard InChI is InChI=1S/C20H22N2O3/c1-13-5-6-17(18(21)9-13)14-10-15(12-16(11-14)20(24)25-2)19(23)22-7-3-4-8-22/h5-6,9-12H,3-4,7-8,21H2,1-2H3. The van der Waals surface area contributed by atoms with Gasteiger partial charge in [0.2, 0.25) is 0 Å². The molecule has 1 aliphatic heterocycles. The van der Waals surface area contributed by atoms with Gasteiger partial charge in [0, 0.05) is 29.9 Å². The van der Waals surface area contributed by atoms with Gasteiger partial charge in [0.15, 0.2) is 0 Å². The molecule has 0 atom stereocenters. The van der Waals surface area contributed by atoms with Gasteiger partial charge in [-0.05, 0) is 55.2 Å². The number of hydrogen-bond donors (Lipinski definition) is 1. The topological polar surface area (TPSA) is 72.6 Å². The van der Waals surface area contributed by atoms with Crippen molar-refractivity contribution < 1.29 is 14.3 Å². The van der Waals surface area contributed by atoms with Crippen molar-refractivity contribution in [2.45, 2.75) is 19.8 Å². The van der Waals surface area contributed by atoms with Crippen LogP contribution in [0, 0.1) is 6.92 Å². The van der Waals surface area contributed by atoms with Gasteiger partial charge in [0.25, 0.3) is 5.91 Å². The molecule has 0 aliphatic carbocycles. The molecular weight excluding hydrogens is 316 g/mol. The lowest BCUT2D eigenvalue weighted by molar-refractivity contribution is 0.0600. The third kappa shape index (κ3) is 3.50. The van der Waals surface area contributed by atoms with E-state index in [4.69, 9.17) is 10.5 Å². The molecule has 2 aromatic carbocycles. The minimum absolute atomic E-state index is 0.0600. The van der Waals surface area contributed by atoms with Gasteiger partial charge in [-0.2, -0.15) is 0 Å². The van der Waals surface area contributed by atoms with Gasteiger partial charge in [0.05, 0.1) is 12.7 Å². The number of nitrogens with zero attached hydrogens (tertiary/aromatic N) is 1. The van der Waals surface area contributed by atoms with E-state index >= 15 is 0 Å². The van der Waals surface area contributed by atoms with Crippen LogP contribution < -0.4 is 5.73 Å². The number of carbonyl (C=O) groups is 2. The predicted molar refractivity (Wildman–Crippen MR) is 97.5 cm³/mol. The molecule has 1 aliphatic rings. The van der Waals surface area contributed by atoms with Crippen LogP contribution in [0.5, 0.6) is 0 Å². The van der Waals surface area contributed by atoms with E-state index in [-0.39, 0.29) is 5.91 Å². The zero-order valence-corrected chi connectivity index (χ0v) is 14.5. The number of nitrogen functional groups attached to an aromatic ring is 1. The maximum atomic E-state index is 12.8. The lowest BCUT2D eigenvalue weighted by Crippen LogP contribution is -2.27. The van der Waals surface area contributed by atoms with Crippen molar-refractivity contribution in [2.24, 2.45) is 0 Å².